The zero-order valence-electron chi connectivity index (χ0n) is 14.1. The molecule has 134 valence electrons. The van der Waals surface area contributed by atoms with E-state index < -0.39 is 10.0 Å². The Labute approximate surface area is 146 Å². The topological polar surface area (TPSA) is 92.5 Å². The molecule has 1 aromatic heterocycles. The second kappa shape index (κ2) is 6.10. The highest BCUT2D eigenvalue weighted by Gasteiger charge is 2.30. The lowest BCUT2D eigenvalue weighted by Crippen LogP contribution is -2.40. The van der Waals surface area contributed by atoms with Crippen molar-refractivity contribution in [2.75, 3.05) is 24.7 Å². The Morgan fingerprint density at radius 2 is 1.96 bits per heavy atom. The van der Waals surface area contributed by atoms with Gasteiger partial charge in [-0.2, -0.15) is 0 Å². The summed E-state index contributed by atoms with van der Waals surface area (Å²) in [6.07, 6.45) is 4.54. The van der Waals surface area contributed by atoms with Gasteiger partial charge in [0, 0.05) is 30.6 Å². The maximum absolute atomic E-state index is 12.5. The molecule has 0 unspecified atom stereocenters. The molecule has 7 nitrogen and oxygen atoms in total. The quantitative estimate of drug-likeness (QED) is 0.900. The van der Waals surface area contributed by atoms with Crippen LogP contribution < -0.4 is 5.32 Å². The third-order valence-corrected chi connectivity index (χ3v) is 6.20. The number of hydrogen-bond acceptors (Lipinski definition) is 5. The summed E-state index contributed by atoms with van der Waals surface area (Å²) in [6, 6.07) is 5.47. The highest BCUT2D eigenvalue weighted by atomic mass is 32.2. The minimum Gasteiger partial charge on any atom is -0.440 e. The zero-order valence-corrected chi connectivity index (χ0v) is 14.9. The standard InChI is InChI=1S/C17H21N3O4S/c1-25(22,23)20-8-6-11(7-9-20)16(21)18-13-4-5-15-14(10-13)19-17(24-15)12-2-3-12/h4-5,10-12H,2-3,6-9H2,1H3,(H,18,21). The molecule has 2 heterocycles. The molecule has 25 heavy (non-hydrogen) atoms. The number of piperidine rings is 1. The molecule has 0 bridgehead atoms. The second-order valence-electron chi connectivity index (χ2n) is 6.93. The van der Waals surface area contributed by atoms with Crippen molar-refractivity contribution in [3.8, 4) is 0 Å². The molecule has 2 aromatic rings. The Kier molecular flexibility index (Phi) is 4.04. The van der Waals surface area contributed by atoms with E-state index in [1.54, 1.807) is 0 Å². The van der Waals surface area contributed by atoms with E-state index in [9.17, 15) is 13.2 Å². The Balaban J connectivity index is 1.41. The van der Waals surface area contributed by atoms with Gasteiger partial charge in [0.05, 0.1) is 6.26 Å². The number of carbonyl (C=O) groups is 1. The smallest absolute Gasteiger partial charge is 0.227 e. The van der Waals surface area contributed by atoms with Crippen molar-refractivity contribution in [1.82, 2.24) is 9.29 Å². The average Bonchev–Trinajstić information content (AvgIpc) is 3.34. The van der Waals surface area contributed by atoms with E-state index in [0.29, 0.717) is 37.5 Å². The van der Waals surface area contributed by atoms with Gasteiger partial charge in [-0.05, 0) is 43.9 Å². The minimum absolute atomic E-state index is 0.0709. The summed E-state index contributed by atoms with van der Waals surface area (Å²) >= 11 is 0. The molecule has 0 atom stereocenters. The Morgan fingerprint density at radius 1 is 1.24 bits per heavy atom. The molecule has 8 heteroatoms. The van der Waals surface area contributed by atoms with Gasteiger partial charge in [-0.1, -0.05) is 0 Å². The number of fused-ring (bicyclic) bond motifs is 1. The number of benzene rings is 1. The Bertz CT molecular complexity index is 909. The molecule has 0 radical (unpaired) electrons. The highest BCUT2D eigenvalue weighted by molar-refractivity contribution is 7.88. The van der Waals surface area contributed by atoms with E-state index in [1.165, 1.54) is 10.6 Å². The largest absolute Gasteiger partial charge is 0.440 e. The molecule has 1 amide bonds. The summed E-state index contributed by atoms with van der Waals surface area (Å²) in [5, 5.41) is 2.92. The van der Waals surface area contributed by atoms with Crippen molar-refractivity contribution in [2.24, 2.45) is 5.92 Å². The van der Waals surface area contributed by atoms with Crippen LogP contribution in [0.5, 0.6) is 0 Å². The van der Waals surface area contributed by atoms with Gasteiger partial charge in [0.1, 0.15) is 5.52 Å². The fourth-order valence-electron chi connectivity index (χ4n) is 3.22. The summed E-state index contributed by atoms with van der Waals surface area (Å²) in [4.78, 5) is 17.0. The molecule has 1 aliphatic carbocycles. The van der Waals surface area contributed by atoms with Gasteiger partial charge in [-0.25, -0.2) is 17.7 Å². The number of anilines is 1. The molecule has 1 saturated carbocycles. The molecule has 1 saturated heterocycles. The third kappa shape index (κ3) is 3.55. The minimum atomic E-state index is -3.17. The summed E-state index contributed by atoms with van der Waals surface area (Å²) in [5.74, 6) is 0.989. The van der Waals surface area contributed by atoms with Crippen LogP contribution in [-0.2, 0) is 14.8 Å². The van der Waals surface area contributed by atoms with Crippen LogP contribution >= 0.6 is 0 Å². The van der Waals surface area contributed by atoms with Crippen LogP contribution in [0.25, 0.3) is 11.1 Å². The number of nitrogens with one attached hydrogen (secondary N) is 1. The maximum Gasteiger partial charge on any atom is 0.227 e. The van der Waals surface area contributed by atoms with Gasteiger partial charge in [-0.3, -0.25) is 4.79 Å². The second-order valence-corrected chi connectivity index (χ2v) is 8.92. The van der Waals surface area contributed by atoms with Crippen molar-refractivity contribution in [1.29, 1.82) is 0 Å². The summed E-state index contributed by atoms with van der Waals surface area (Å²) in [6.45, 7) is 0.786. The Morgan fingerprint density at radius 3 is 2.60 bits per heavy atom. The molecule has 0 spiro atoms. The van der Waals surface area contributed by atoms with Gasteiger partial charge >= 0.3 is 0 Å². The first-order chi connectivity index (χ1) is 11.9. The fourth-order valence-corrected chi connectivity index (χ4v) is 4.10. The summed E-state index contributed by atoms with van der Waals surface area (Å²) in [7, 11) is -3.17. The number of sulfonamides is 1. The molecule has 2 aliphatic rings. The van der Waals surface area contributed by atoms with Crippen molar-refractivity contribution in [3.05, 3.63) is 24.1 Å². The van der Waals surface area contributed by atoms with Gasteiger partial charge in [-0.15, -0.1) is 0 Å². The predicted octanol–water partition coefficient (Wildman–Crippen LogP) is 2.32. The lowest BCUT2D eigenvalue weighted by molar-refractivity contribution is -0.120. The van der Waals surface area contributed by atoms with E-state index in [-0.39, 0.29) is 11.8 Å². The number of carbonyl (C=O) groups excluding carboxylic acids is 1. The number of aromatic nitrogens is 1. The van der Waals surface area contributed by atoms with Gasteiger partial charge in [0.25, 0.3) is 0 Å². The van der Waals surface area contributed by atoms with Crippen LogP contribution in [0.4, 0.5) is 5.69 Å². The normalized spacial score (nSPS) is 20.0. The van der Waals surface area contributed by atoms with Gasteiger partial charge in [0.2, 0.25) is 15.9 Å². The number of oxazole rings is 1. The third-order valence-electron chi connectivity index (χ3n) is 4.89. The van der Waals surface area contributed by atoms with Crippen LogP contribution in [0.1, 0.15) is 37.5 Å². The lowest BCUT2D eigenvalue weighted by atomic mass is 9.97. The summed E-state index contributed by atoms with van der Waals surface area (Å²) < 4.78 is 30.2. The van der Waals surface area contributed by atoms with Gasteiger partial charge in [0.15, 0.2) is 11.5 Å². The van der Waals surface area contributed by atoms with Crippen LogP contribution in [0.15, 0.2) is 22.6 Å². The average molecular weight is 363 g/mol. The van der Waals surface area contributed by atoms with Crippen LogP contribution in [0.2, 0.25) is 0 Å². The predicted molar refractivity (Wildman–Crippen MR) is 93.8 cm³/mol. The molecule has 2 fully saturated rings. The number of amides is 1. The zero-order chi connectivity index (χ0) is 17.6. The van der Waals surface area contributed by atoms with E-state index in [0.717, 1.165) is 29.8 Å². The van der Waals surface area contributed by atoms with Crippen LogP contribution in [0, 0.1) is 5.92 Å². The van der Waals surface area contributed by atoms with Crippen molar-refractivity contribution in [3.63, 3.8) is 0 Å². The maximum atomic E-state index is 12.5. The van der Waals surface area contributed by atoms with Gasteiger partial charge < -0.3 is 9.73 Å². The van der Waals surface area contributed by atoms with E-state index in [4.69, 9.17) is 4.42 Å². The molecule has 4 rings (SSSR count). The monoisotopic (exact) mass is 363 g/mol. The molecule has 1 N–H and O–H groups in total. The first kappa shape index (κ1) is 16.5. The van der Waals surface area contributed by atoms with Crippen LogP contribution in [0.3, 0.4) is 0 Å². The summed E-state index contributed by atoms with van der Waals surface area (Å²) in [5.41, 5.74) is 2.19. The first-order valence-corrected chi connectivity index (χ1v) is 10.4. The SMILES string of the molecule is CS(=O)(=O)N1CCC(C(=O)Nc2ccc3oc(C4CC4)nc3c2)CC1. The van der Waals surface area contributed by atoms with Crippen molar-refractivity contribution >= 4 is 32.7 Å². The Hall–Kier alpha value is -1.93. The highest BCUT2D eigenvalue weighted by Crippen LogP contribution is 2.40. The van der Waals surface area contributed by atoms with E-state index in [2.05, 4.69) is 10.3 Å². The fraction of sp³-hybridized carbons (Fsp3) is 0.529. The number of nitrogens with zero attached hydrogens (tertiary/aromatic N) is 2. The molecular weight excluding hydrogens is 342 g/mol. The first-order valence-electron chi connectivity index (χ1n) is 8.56. The molecule has 1 aromatic carbocycles. The van der Waals surface area contributed by atoms with E-state index in [1.807, 2.05) is 18.2 Å². The molecule has 1 aliphatic heterocycles. The van der Waals surface area contributed by atoms with E-state index >= 15 is 0 Å². The van der Waals surface area contributed by atoms with Crippen molar-refractivity contribution < 1.29 is 17.6 Å². The lowest BCUT2D eigenvalue weighted by Gasteiger charge is -2.29. The van der Waals surface area contributed by atoms with Crippen molar-refractivity contribution in [2.45, 2.75) is 31.6 Å². The number of hydrogen-bond donors (Lipinski definition) is 1. The van der Waals surface area contributed by atoms with Crippen LogP contribution in [-0.4, -0.2) is 43.0 Å². The molecular formula is C17H21N3O4S. The number of rotatable bonds is 4.